The first kappa shape index (κ1) is 20.7. The van der Waals surface area contributed by atoms with Crippen molar-refractivity contribution in [2.24, 2.45) is 0 Å². The summed E-state index contributed by atoms with van der Waals surface area (Å²) in [4.78, 5) is 18.6. The van der Waals surface area contributed by atoms with Crippen LogP contribution in [0.15, 0.2) is 53.4 Å². The first-order valence-corrected chi connectivity index (χ1v) is 12.6. The minimum absolute atomic E-state index is 0.146. The molecule has 1 amide bonds. The number of carbonyl (C=O) groups is 1. The van der Waals surface area contributed by atoms with Gasteiger partial charge in [0.25, 0.3) is 0 Å². The Kier molecular flexibility index (Phi) is 5.48. The minimum atomic E-state index is -3.72. The zero-order valence-electron chi connectivity index (χ0n) is 16.7. The van der Waals surface area contributed by atoms with Gasteiger partial charge in [-0.2, -0.15) is 0 Å². The quantitative estimate of drug-likeness (QED) is 0.438. The summed E-state index contributed by atoms with van der Waals surface area (Å²) in [6, 6.07) is 14.4. The molecule has 0 aliphatic heterocycles. The van der Waals surface area contributed by atoms with Crippen molar-refractivity contribution in [3.05, 3.63) is 64.5 Å². The maximum Gasteiger partial charge on any atom is 0.240 e. The van der Waals surface area contributed by atoms with Gasteiger partial charge in [0.15, 0.2) is 9.84 Å². The Balaban J connectivity index is 1.63. The molecule has 0 spiro atoms. The lowest BCUT2D eigenvalue weighted by Crippen LogP contribution is -2.22. The molecule has 2 aromatic heterocycles. The Bertz CT molecular complexity index is 1320. The van der Waals surface area contributed by atoms with Gasteiger partial charge < -0.3 is 5.32 Å². The summed E-state index contributed by atoms with van der Waals surface area (Å²) in [6.45, 7) is 5.86. The number of aromatic nitrogens is 1. The highest BCUT2D eigenvalue weighted by molar-refractivity contribution is 7.92. The van der Waals surface area contributed by atoms with Crippen LogP contribution in [0.25, 0.3) is 20.8 Å². The molecule has 4 rings (SSSR count). The van der Waals surface area contributed by atoms with Gasteiger partial charge in [-0.1, -0.05) is 29.8 Å². The molecular weight excluding hydrogens is 436 g/mol. The number of hydrogen-bond donors (Lipinski definition) is 1. The van der Waals surface area contributed by atoms with Crippen LogP contribution in [0, 0.1) is 20.8 Å². The minimum Gasteiger partial charge on any atom is -0.316 e. The molecule has 8 heteroatoms. The summed E-state index contributed by atoms with van der Waals surface area (Å²) in [5.74, 6) is -1.16. The predicted octanol–water partition coefficient (Wildman–Crippen LogP) is 5.36. The van der Waals surface area contributed by atoms with E-state index in [0.29, 0.717) is 5.00 Å². The summed E-state index contributed by atoms with van der Waals surface area (Å²) in [5, 5.41) is 4.27. The van der Waals surface area contributed by atoms with Crippen molar-refractivity contribution < 1.29 is 13.2 Å². The van der Waals surface area contributed by atoms with Gasteiger partial charge in [0.05, 0.1) is 15.1 Å². The molecule has 0 bridgehead atoms. The van der Waals surface area contributed by atoms with Crippen molar-refractivity contribution >= 4 is 53.6 Å². The molecule has 2 heterocycles. The van der Waals surface area contributed by atoms with Gasteiger partial charge in [0, 0.05) is 10.4 Å². The molecule has 0 unspecified atom stereocenters. The molecule has 0 atom stereocenters. The second kappa shape index (κ2) is 7.94. The van der Waals surface area contributed by atoms with Gasteiger partial charge in [-0.3, -0.25) is 4.79 Å². The number of thiazole rings is 1. The Labute approximate surface area is 183 Å². The number of thiophene rings is 1. The molecule has 0 radical (unpaired) electrons. The van der Waals surface area contributed by atoms with Crippen molar-refractivity contribution in [1.29, 1.82) is 0 Å². The number of nitrogens with one attached hydrogen (secondary N) is 1. The molecule has 30 heavy (non-hydrogen) atoms. The lowest BCUT2D eigenvalue weighted by Gasteiger charge is -2.07. The van der Waals surface area contributed by atoms with E-state index in [0.717, 1.165) is 36.8 Å². The van der Waals surface area contributed by atoms with Gasteiger partial charge >= 0.3 is 0 Å². The van der Waals surface area contributed by atoms with Crippen molar-refractivity contribution in [3.63, 3.8) is 0 Å². The van der Waals surface area contributed by atoms with Gasteiger partial charge in [-0.15, -0.1) is 22.7 Å². The number of rotatable bonds is 5. The molecule has 5 nitrogen and oxygen atoms in total. The zero-order valence-corrected chi connectivity index (χ0v) is 19.2. The van der Waals surface area contributed by atoms with Crippen LogP contribution in [0.3, 0.4) is 0 Å². The fraction of sp³-hybridized carbons (Fsp3) is 0.182. The summed E-state index contributed by atoms with van der Waals surface area (Å²) >= 11 is 2.99. The summed E-state index contributed by atoms with van der Waals surface area (Å²) in [6.07, 6.45) is 0. The zero-order chi connectivity index (χ0) is 21.5. The molecule has 0 saturated heterocycles. The van der Waals surface area contributed by atoms with Gasteiger partial charge in [0.1, 0.15) is 15.8 Å². The second-order valence-electron chi connectivity index (χ2n) is 7.09. The highest BCUT2D eigenvalue weighted by atomic mass is 32.2. The largest absolute Gasteiger partial charge is 0.316 e. The Morgan fingerprint density at radius 2 is 1.70 bits per heavy atom. The number of nitrogens with zero attached hydrogens (tertiary/aromatic N) is 1. The lowest BCUT2D eigenvalue weighted by atomic mass is 10.1. The molecule has 154 valence electrons. The molecule has 1 N–H and O–H groups in total. The van der Waals surface area contributed by atoms with Crippen molar-refractivity contribution in [3.8, 4) is 10.6 Å². The number of fused-ring (bicyclic) bond motifs is 1. The smallest absolute Gasteiger partial charge is 0.240 e. The number of anilines is 1. The number of sulfone groups is 1. The SMILES string of the molecule is Cc1ccc(S(=O)(=O)CC(=O)Nc2sc(C)c(C)c2-c2nc3ccccc3s2)cc1. The van der Waals surface area contributed by atoms with Crippen LogP contribution < -0.4 is 5.32 Å². The normalized spacial score (nSPS) is 11.7. The fourth-order valence-electron chi connectivity index (χ4n) is 3.12. The van der Waals surface area contributed by atoms with Crippen LogP contribution >= 0.6 is 22.7 Å². The predicted molar refractivity (Wildman–Crippen MR) is 124 cm³/mol. The third kappa shape index (κ3) is 4.03. The van der Waals surface area contributed by atoms with Crippen LogP contribution in [0.5, 0.6) is 0 Å². The van der Waals surface area contributed by atoms with E-state index in [2.05, 4.69) is 5.32 Å². The van der Waals surface area contributed by atoms with Gasteiger partial charge in [-0.25, -0.2) is 13.4 Å². The second-order valence-corrected chi connectivity index (χ2v) is 11.3. The van der Waals surface area contributed by atoms with Crippen LogP contribution in [0.1, 0.15) is 16.0 Å². The molecule has 2 aromatic carbocycles. The van der Waals surface area contributed by atoms with E-state index in [1.807, 2.05) is 45.0 Å². The van der Waals surface area contributed by atoms with E-state index >= 15 is 0 Å². The third-order valence-electron chi connectivity index (χ3n) is 4.85. The van der Waals surface area contributed by atoms with Crippen LogP contribution in [-0.2, 0) is 14.6 Å². The lowest BCUT2D eigenvalue weighted by molar-refractivity contribution is -0.113. The fourth-order valence-corrected chi connectivity index (χ4v) is 6.47. The molecular formula is C22H20N2O3S3. The van der Waals surface area contributed by atoms with E-state index in [-0.39, 0.29) is 4.90 Å². The van der Waals surface area contributed by atoms with E-state index in [9.17, 15) is 13.2 Å². The Hall–Kier alpha value is -2.55. The molecule has 0 aliphatic rings. The van der Waals surface area contributed by atoms with E-state index in [1.165, 1.54) is 23.5 Å². The Morgan fingerprint density at radius 3 is 2.40 bits per heavy atom. The number of hydrogen-bond acceptors (Lipinski definition) is 6. The first-order valence-electron chi connectivity index (χ1n) is 9.30. The maximum absolute atomic E-state index is 12.6. The third-order valence-corrected chi connectivity index (χ3v) is 8.66. The molecule has 0 aliphatic carbocycles. The number of para-hydroxylation sites is 1. The maximum atomic E-state index is 12.6. The molecule has 4 aromatic rings. The van der Waals surface area contributed by atoms with Crippen LogP contribution in [0.4, 0.5) is 5.00 Å². The highest BCUT2D eigenvalue weighted by Gasteiger charge is 2.23. The topological polar surface area (TPSA) is 76.1 Å². The van der Waals surface area contributed by atoms with Crippen LogP contribution in [0.2, 0.25) is 0 Å². The highest BCUT2D eigenvalue weighted by Crippen LogP contribution is 2.43. The Morgan fingerprint density at radius 1 is 1.00 bits per heavy atom. The summed E-state index contributed by atoms with van der Waals surface area (Å²) < 4.78 is 26.3. The van der Waals surface area contributed by atoms with E-state index in [1.54, 1.807) is 23.5 Å². The average molecular weight is 457 g/mol. The van der Waals surface area contributed by atoms with E-state index < -0.39 is 21.5 Å². The average Bonchev–Trinajstić information content (AvgIpc) is 3.22. The molecule has 0 fully saturated rings. The molecule has 0 saturated carbocycles. The van der Waals surface area contributed by atoms with Crippen molar-refractivity contribution in [1.82, 2.24) is 4.98 Å². The van der Waals surface area contributed by atoms with Crippen LogP contribution in [-0.4, -0.2) is 25.1 Å². The van der Waals surface area contributed by atoms with E-state index in [4.69, 9.17) is 4.98 Å². The number of amides is 1. The number of benzene rings is 2. The first-order chi connectivity index (χ1) is 14.2. The standard InChI is InChI=1S/C22H20N2O3S3/c1-13-8-10-16(11-9-13)30(26,27)12-19(25)24-22-20(14(2)15(3)28-22)21-23-17-6-4-5-7-18(17)29-21/h4-11H,12H2,1-3H3,(H,24,25). The monoisotopic (exact) mass is 456 g/mol. The van der Waals surface area contributed by atoms with Crippen molar-refractivity contribution in [2.45, 2.75) is 25.7 Å². The number of aryl methyl sites for hydroxylation is 2. The summed E-state index contributed by atoms with van der Waals surface area (Å²) in [5.41, 5.74) is 3.76. The van der Waals surface area contributed by atoms with Crippen molar-refractivity contribution in [2.75, 3.05) is 11.1 Å². The van der Waals surface area contributed by atoms with Gasteiger partial charge in [-0.05, 0) is 50.6 Å². The summed E-state index contributed by atoms with van der Waals surface area (Å²) in [7, 11) is -3.72. The van der Waals surface area contributed by atoms with Gasteiger partial charge in [0.2, 0.25) is 5.91 Å². The number of carbonyl (C=O) groups excluding carboxylic acids is 1.